The molecule has 2 aromatic rings. The number of carboxylic acid groups (broad SMARTS) is 2. The summed E-state index contributed by atoms with van der Waals surface area (Å²) >= 11 is 2.23. The first kappa shape index (κ1) is 27.4. The van der Waals surface area contributed by atoms with E-state index in [4.69, 9.17) is 24.5 Å². The molecule has 10 heteroatoms. The summed E-state index contributed by atoms with van der Waals surface area (Å²) in [6.07, 6.45) is 2.10. The summed E-state index contributed by atoms with van der Waals surface area (Å²) in [6.45, 7) is 5.97. The van der Waals surface area contributed by atoms with E-state index in [1.807, 2.05) is 36.4 Å². The zero-order valence-electron chi connectivity index (χ0n) is 19.1. The molecule has 2 aromatic carbocycles. The summed E-state index contributed by atoms with van der Waals surface area (Å²) in [4.78, 5) is 35.3. The second-order valence-electron chi connectivity index (χ2n) is 7.58. The van der Waals surface area contributed by atoms with Crippen molar-refractivity contribution in [1.29, 1.82) is 0 Å². The van der Waals surface area contributed by atoms with Gasteiger partial charge in [-0.2, -0.15) is 0 Å². The number of halogens is 1. The van der Waals surface area contributed by atoms with Gasteiger partial charge in [-0.3, -0.25) is 9.69 Å². The van der Waals surface area contributed by atoms with Crippen LogP contribution in [0.25, 0.3) is 0 Å². The fraction of sp³-hybridized carbons (Fsp3) is 0.375. The Hall–Kier alpha value is -2.86. The molecule has 1 saturated heterocycles. The lowest BCUT2D eigenvalue weighted by Gasteiger charge is -2.36. The van der Waals surface area contributed by atoms with Gasteiger partial charge in [0.05, 0.1) is 12.8 Å². The molecule has 3 N–H and O–H groups in total. The predicted molar refractivity (Wildman–Crippen MR) is 138 cm³/mol. The van der Waals surface area contributed by atoms with Crippen molar-refractivity contribution >= 4 is 46.1 Å². The standard InChI is InChI=1S/C22H28IN3O2.C2H2O4/c1-28-21-10-3-2-9-20(21)26-15-13-25(14-16-26)12-5-4-11-24-22(27)18-7-6-8-19(23)17-18;3-1(4)2(5)6/h2-3,6-10,17H,4-5,11-16H2,1H3,(H,24,27);(H,3,4)(H,5,6). The average molecular weight is 583 g/mol. The summed E-state index contributed by atoms with van der Waals surface area (Å²) in [5.41, 5.74) is 1.92. The maximum atomic E-state index is 12.1. The summed E-state index contributed by atoms with van der Waals surface area (Å²) < 4.78 is 6.57. The number of unbranched alkanes of at least 4 members (excludes halogenated alkanes) is 1. The van der Waals surface area contributed by atoms with Crippen LogP contribution in [0.1, 0.15) is 23.2 Å². The second kappa shape index (κ2) is 14.4. The van der Waals surface area contributed by atoms with Gasteiger partial charge in [-0.15, -0.1) is 0 Å². The molecule has 0 spiro atoms. The number of carboxylic acids is 2. The Morgan fingerprint density at radius 2 is 1.65 bits per heavy atom. The zero-order chi connectivity index (χ0) is 24.9. The third kappa shape index (κ3) is 9.18. The minimum Gasteiger partial charge on any atom is -0.495 e. The third-order valence-corrected chi connectivity index (χ3v) is 5.93. The highest BCUT2D eigenvalue weighted by molar-refractivity contribution is 14.1. The SMILES string of the molecule is COc1ccccc1N1CCN(CCCCNC(=O)c2cccc(I)c2)CC1.O=C(O)C(=O)O. The first-order chi connectivity index (χ1) is 16.3. The topological polar surface area (TPSA) is 119 Å². The van der Waals surface area contributed by atoms with Crippen molar-refractivity contribution in [2.45, 2.75) is 12.8 Å². The first-order valence-electron chi connectivity index (χ1n) is 10.9. The van der Waals surface area contributed by atoms with E-state index in [-0.39, 0.29) is 5.91 Å². The molecule has 0 aliphatic carbocycles. The van der Waals surface area contributed by atoms with Crippen molar-refractivity contribution in [3.05, 3.63) is 57.7 Å². The maximum Gasteiger partial charge on any atom is 0.414 e. The van der Waals surface area contributed by atoms with Crippen LogP contribution < -0.4 is 15.0 Å². The van der Waals surface area contributed by atoms with Gasteiger partial charge in [-0.05, 0) is 72.3 Å². The van der Waals surface area contributed by atoms with Gasteiger partial charge in [0, 0.05) is 41.9 Å². The summed E-state index contributed by atoms with van der Waals surface area (Å²) in [7, 11) is 1.73. The molecule has 0 unspecified atom stereocenters. The molecule has 0 bridgehead atoms. The number of aliphatic carboxylic acids is 2. The van der Waals surface area contributed by atoms with Crippen molar-refractivity contribution in [3.63, 3.8) is 0 Å². The summed E-state index contributed by atoms with van der Waals surface area (Å²) in [6, 6.07) is 15.9. The molecule has 34 heavy (non-hydrogen) atoms. The summed E-state index contributed by atoms with van der Waals surface area (Å²) in [5.74, 6) is -2.69. The van der Waals surface area contributed by atoms with Crippen LogP contribution in [0, 0.1) is 3.57 Å². The number of hydrogen-bond donors (Lipinski definition) is 3. The third-order valence-electron chi connectivity index (χ3n) is 5.25. The number of benzene rings is 2. The Bertz CT molecular complexity index is 951. The number of nitrogens with one attached hydrogen (secondary N) is 1. The van der Waals surface area contributed by atoms with Gasteiger partial charge in [0.15, 0.2) is 0 Å². The molecular formula is C24H30IN3O6. The van der Waals surface area contributed by atoms with E-state index in [1.165, 1.54) is 5.69 Å². The van der Waals surface area contributed by atoms with Crippen molar-refractivity contribution in [3.8, 4) is 5.75 Å². The highest BCUT2D eigenvalue weighted by Gasteiger charge is 2.19. The van der Waals surface area contributed by atoms with Crippen LogP contribution in [-0.4, -0.2) is 79.3 Å². The number of methoxy groups -OCH3 is 1. The number of para-hydroxylation sites is 2. The molecule has 0 radical (unpaired) electrons. The van der Waals surface area contributed by atoms with Crippen molar-refractivity contribution in [2.75, 3.05) is 51.3 Å². The van der Waals surface area contributed by atoms with E-state index in [0.29, 0.717) is 0 Å². The van der Waals surface area contributed by atoms with E-state index in [2.05, 4.69) is 49.8 Å². The Morgan fingerprint density at radius 1 is 0.971 bits per heavy atom. The Balaban J connectivity index is 0.000000604. The molecule has 0 aromatic heterocycles. The molecule has 1 heterocycles. The molecule has 0 saturated carbocycles. The lowest BCUT2D eigenvalue weighted by molar-refractivity contribution is -0.159. The van der Waals surface area contributed by atoms with Crippen LogP contribution in [0.3, 0.4) is 0 Å². The van der Waals surface area contributed by atoms with E-state index in [0.717, 1.165) is 67.0 Å². The van der Waals surface area contributed by atoms with Crippen molar-refractivity contribution < 1.29 is 29.3 Å². The van der Waals surface area contributed by atoms with Crippen LogP contribution >= 0.6 is 22.6 Å². The predicted octanol–water partition coefficient (Wildman–Crippen LogP) is 2.79. The van der Waals surface area contributed by atoms with E-state index < -0.39 is 11.9 Å². The number of anilines is 1. The fourth-order valence-electron chi connectivity index (χ4n) is 3.50. The lowest BCUT2D eigenvalue weighted by atomic mass is 10.2. The van der Waals surface area contributed by atoms with Crippen LogP contribution in [0.15, 0.2) is 48.5 Å². The van der Waals surface area contributed by atoms with Crippen LogP contribution in [0.2, 0.25) is 0 Å². The Labute approximate surface area is 212 Å². The van der Waals surface area contributed by atoms with Gasteiger partial charge in [0.2, 0.25) is 0 Å². The highest BCUT2D eigenvalue weighted by Crippen LogP contribution is 2.28. The number of amides is 1. The minimum atomic E-state index is -1.82. The lowest BCUT2D eigenvalue weighted by Crippen LogP contribution is -2.46. The quantitative estimate of drug-likeness (QED) is 0.247. The largest absolute Gasteiger partial charge is 0.495 e. The number of carbonyl (C=O) groups is 3. The number of rotatable bonds is 8. The Morgan fingerprint density at radius 3 is 2.26 bits per heavy atom. The van der Waals surface area contributed by atoms with Crippen molar-refractivity contribution in [2.24, 2.45) is 0 Å². The van der Waals surface area contributed by atoms with Crippen molar-refractivity contribution in [1.82, 2.24) is 10.2 Å². The Kier molecular flexibility index (Phi) is 11.6. The molecule has 0 atom stereocenters. The van der Waals surface area contributed by atoms with Crippen LogP contribution in [0.5, 0.6) is 5.75 Å². The molecule has 1 aliphatic heterocycles. The van der Waals surface area contributed by atoms with Gasteiger partial charge in [-0.25, -0.2) is 9.59 Å². The molecule has 3 rings (SSSR count). The molecular weight excluding hydrogens is 553 g/mol. The van der Waals surface area contributed by atoms with E-state index in [1.54, 1.807) is 7.11 Å². The van der Waals surface area contributed by atoms with Crippen LogP contribution in [-0.2, 0) is 9.59 Å². The number of ether oxygens (including phenoxy) is 1. The molecule has 1 aliphatic rings. The van der Waals surface area contributed by atoms with Gasteiger partial charge >= 0.3 is 11.9 Å². The molecule has 184 valence electrons. The van der Waals surface area contributed by atoms with Gasteiger partial charge in [-0.1, -0.05) is 18.2 Å². The summed E-state index contributed by atoms with van der Waals surface area (Å²) in [5, 5.41) is 17.8. The number of carbonyl (C=O) groups excluding carboxylic acids is 1. The number of nitrogens with zero attached hydrogens (tertiary/aromatic N) is 2. The maximum absolute atomic E-state index is 12.1. The van der Waals surface area contributed by atoms with Gasteiger partial charge in [0.1, 0.15) is 5.75 Å². The van der Waals surface area contributed by atoms with E-state index >= 15 is 0 Å². The second-order valence-corrected chi connectivity index (χ2v) is 8.83. The monoisotopic (exact) mass is 583 g/mol. The highest BCUT2D eigenvalue weighted by atomic mass is 127. The fourth-order valence-corrected chi connectivity index (χ4v) is 4.04. The number of hydrogen-bond acceptors (Lipinski definition) is 6. The normalized spacial score (nSPS) is 13.4. The molecule has 1 amide bonds. The molecule has 9 nitrogen and oxygen atoms in total. The average Bonchev–Trinajstić information content (AvgIpc) is 2.84. The molecule has 1 fully saturated rings. The number of piperazine rings is 1. The minimum absolute atomic E-state index is 0.0175. The first-order valence-corrected chi connectivity index (χ1v) is 12.0. The van der Waals surface area contributed by atoms with Crippen LogP contribution in [0.4, 0.5) is 5.69 Å². The smallest absolute Gasteiger partial charge is 0.414 e. The van der Waals surface area contributed by atoms with Gasteiger partial charge in [0.25, 0.3) is 5.91 Å². The van der Waals surface area contributed by atoms with Gasteiger partial charge < -0.3 is 25.2 Å². The van der Waals surface area contributed by atoms with E-state index in [9.17, 15) is 4.79 Å². The zero-order valence-corrected chi connectivity index (χ0v) is 21.2.